The van der Waals surface area contributed by atoms with Crippen LogP contribution in [-0.2, 0) is 11.3 Å². The zero-order chi connectivity index (χ0) is 13.1. The Morgan fingerprint density at radius 1 is 1.22 bits per heavy atom. The van der Waals surface area contributed by atoms with Crippen LogP contribution in [0.1, 0.15) is 12.5 Å². The van der Waals surface area contributed by atoms with E-state index in [4.69, 9.17) is 9.47 Å². The second kappa shape index (κ2) is 10.2. The highest BCUT2D eigenvalue weighted by Crippen LogP contribution is 2.17. The number of para-hydroxylation sites is 1. The van der Waals surface area contributed by atoms with Crippen LogP contribution in [0.25, 0.3) is 0 Å². The van der Waals surface area contributed by atoms with Crippen molar-refractivity contribution in [3.8, 4) is 5.75 Å². The van der Waals surface area contributed by atoms with Gasteiger partial charge in [0, 0.05) is 31.5 Å². The zero-order valence-electron chi connectivity index (χ0n) is 11.3. The Kier molecular flexibility index (Phi) is 8.73. The van der Waals surface area contributed by atoms with Gasteiger partial charge in [-0.25, -0.2) is 0 Å². The van der Waals surface area contributed by atoms with Gasteiger partial charge in [-0.2, -0.15) is 11.8 Å². The quantitative estimate of drug-likeness (QED) is 0.661. The maximum atomic E-state index is 5.80. The summed E-state index contributed by atoms with van der Waals surface area (Å²) in [4.78, 5) is 0. The Morgan fingerprint density at radius 3 is 2.83 bits per heavy atom. The predicted octanol–water partition coefficient (Wildman–Crippen LogP) is 2.55. The summed E-state index contributed by atoms with van der Waals surface area (Å²) in [5.41, 5.74) is 1.20. The molecule has 0 aliphatic carbocycles. The summed E-state index contributed by atoms with van der Waals surface area (Å²) in [6.45, 7) is 5.35. The molecule has 0 aromatic heterocycles. The van der Waals surface area contributed by atoms with E-state index in [1.165, 1.54) is 5.56 Å². The van der Waals surface area contributed by atoms with Crippen LogP contribution in [0.4, 0.5) is 0 Å². The molecule has 0 saturated carbocycles. The van der Waals surface area contributed by atoms with Crippen LogP contribution in [0.5, 0.6) is 5.75 Å². The Hall–Kier alpha value is -0.710. The number of rotatable bonds is 10. The SMILES string of the molecule is CCSCCOc1ccccc1CNCCOC. The fraction of sp³-hybridized carbons (Fsp3) is 0.571. The molecule has 0 unspecified atom stereocenters. The van der Waals surface area contributed by atoms with Crippen LogP contribution < -0.4 is 10.1 Å². The molecule has 0 radical (unpaired) electrons. The summed E-state index contributed by atoms with van der Waals surface area (Å²) in [6, 6.07) is 8.19. The molecule has 1 aromatic rings. The zero-order valence-corrected chi connectivity index (χ0v) is 12.1. The Balaban J connectivity index is 2.36. The first-order valence-corrected chi connectivity index (χ1v) is 7.52. The normalized spacial score (nSPS) is 10.6. The minimum atomic E-state index is 0.732. The van der Waals surface area contributed by atoms with Gasteiger partial charge in [0.2, 0.25) is 0 Å². The molecule has 0 atom stereocenters. The van der Waals surface area contributed by atoms with E-state index in [0.29, 0.717) is 0 Å². The maximum Gasteiger partial charge on any atom is 0.123 e. The van der Waals surface area contributed by atoms with Crippen molar-refractivity contribution in [3.63, 3.8) is 0 Å². The van der Waals surface area contributed by atoms with E-state index in [-0.39, 0.29) is 0 Å². The number of benzene rings is 1. The average molecular weight is 269 g/mol. The van der Waals surface area contributed by atoms with Crippen molar-refractivity contribution in [1.82, 2.24) is 5.32 Å². The molecule has 1 rings (SSSR count). The van der Waals surface area contributed by atoms with Gasteiger partial charge in [-0.15, -0.1) is 0 Å². The van der Waals surface area contributed by atoms with Crippen LogP contribution in [0.3, 0.4) is 0 Å². The van der Waals surface area contributed by atoms with Crippen LogP contribution >= 0.6 is 11.8 Å². The van der Waals surface area contributed by atoms with Crippen molar-refractivity contribution in [2.45, 2.75) is 13.5 Å². The molecular weight excluding hydrogens is 246 g/mol. The largest absolute Gasteiger partial charge is 0.492 e. The van der Waals surface area contributed by atoms with Crippen LogP contribution in [0.2, 0.25) is 0 Å². The molecule has 4 heteroatoms. The fourth-order valence-electron chi connectivity index (χ4n) is 1.54. The molecule has 18 heavy (non-hydrogen) atoms. The van der Waals surface area contributed by atoms with E-state index in [1.54, 1.807) is 7.11 Å². The number of nitrogens with one attached hydrogen (secondary N) is 1. The van der Waals surface area contributed by atoms with Crippen LogP contribution in [0, 0.1) is 0 Å². The van der Waals surface area contributed by atoms with Gasteiger partial charge in [-0.1, -0.05) is 25.1 Å². The van der Waals surface area contributed by atoms with E-state index < -0.39 is 0 Å². The second-order valence-electron chi connectivity index (χ2n) is 3.82. The minimum absolute atomic E-state index is 0.732. The summed E-state index contributed by atoms with van der Waals surface area (Å²) in [7, 11) is 1.71. The summed E-state index contributed by atoms with van der Waals surface area (Å²) in [6.07, 6.45) is 0. The molecule has 0 fully saturated rings. The first-order valence-electron chi connectivity index (χ1n) is 6.36. The van der Waals surface area contributed by atoms with Crippen molar-refractivity contribution in [2.75, 3.05) is 38.4 Å². The van der Waals surface area contributed by atoms with Gasteiger partial charge in [0.1, 0.15) is 5.75 Å². The molecule has 1 aromatic carbocycles. The molecular formula is C14H23NO2S. The number of methoxy groups -OCH3 is 1. The lowest BCUT2D eigenvalue weighted by molar-refractivity contribution is 0.199. The summed E-state index contributed by atoms with van der Waals surface area (Å²) in [5, 5.41) is 3.33. The van der Waals surface area contributed by atoms with Gasteiger partial charge in [-0.05, 0) is 11.8 Å². The van der Waals surface area contributed by atoms with Crippen molar-refractivity contribution in [2.24, 2.45) is 0 Å². The molecule has 0 saturated heterocycles. The van der Waals surface area contributed by atoms with Gasteiger partial charge in [0.05, 0.1) is 13.2 Å². The average Bonchev–Trinajstić information content (AvgIpc) is 2.41. The van der Waals surface area contributed by atoms with E-state index in [9.17, 15) is 0 Å². The maximum absolute atomic E-state index is 5.80. The number of ether oxygens (including phenoxy) is 2. The third-order valence-corrected chi connectivity index (χ3v) is 3.32. The molecule has 3 nitrogen and oxygen atoms in total. The second-order valence-corrected chi connectivity index (χ2v) is 5.22. The Bertz CT molecular complexity index is 289. The molecule has 1 N–H and O–H groups in total. The van der Waals surface area contributed by atoms with Crippen molar-refractivity contribution >= 4 is 11.8 Å². The van der Waals surface area contributed by atoms with Crippen molar-refractivity contribution in [3.05, 3.63) is 29.8 Å². The van der Waals surface area contributed by atoms with Gasteiger partial charge in [0.15, 0.2) is 0 Å². The molecule has 0 bridgehead atoms. The lowest BCUT2D eigenvalue weighted by atomic mass is 10.2. The predicted molar refractivity (Wildman–Crippen MR) is 78.5 cm³/mol. The third kappa shape index (κ3) is 6.28. The number of thioether (sulfide) groups is 1. The Morgan fingerprint density at radius 2 is 2.06 bits per heavy atom. The number of hydrogen-bond donors (Lipinski definition) is 1. The lowest BCUT2D eigenvalue weighted by Gasteiger charge is -2.11. The van der Waals surface area contributed by atoms with Crippen LogP contribution in [0.15, 0.2) is 24.3 Å². The first kappa shape index (κ1) is 15.3. The standard InChI is InChI=1S/C14H23NO2S/c1-3-18-11-10-17-14-7-5-4-6-13(14)12-15-8-9-16-2/h4-7,15H,3,8-12H2,1-2H3. The van der Waals surface area contributed by atoms with E-state index in [1.807, 2.05) is 30.0 Å². The highest BCUT2D eigenvalue weighted by molar-refractivity contribution is 7.99. The van der Waals surface area contributed by atoms with Gasteiger partial charge in [-0.3, -0.25) is 0 Å². The highest BCUT2D eigenvalue weighted by Gasteiger charge is 2.02. The fourth-order valence-corrected chi connectivity index (χ4v) is 2.03. The topological polar surface area (TPSA) is 30.5 Å². The highest BCUT2D eigenvalue weighted by atomic mass is 32.2. The molecule has 0 aliphatic heterocycles. The lowest BCUT2D eigenvalue weighted by Crippen LogP contribution is -2.19. The summed E-state index contributed by atoms with van der Waals surface area (Å²) >= 11 is 1.90. The third-order valence-electron chi connectivity index (χ3n) is 2.46. The minimum Gasteiger partial charge on any atom is -0.492 e. The molecule has 0 heterocycles. The molecule has 0 aliphatic rings. The molecule has 0 amide bonds. The van der Waals surface area contributed by atoms with Gasteiger partial charge >= 0.3 is 0 Å². The number of hydrogen-bond acceptors (Lipinski definition) is 4. The van der Waals surface area contributed by atoms with E-state index in [0.717, 1.165) is 43.6 Å². The first-order chi connectivity index (χ1) is 8.88. The monoisotopic (exact) mass is 269 g/mol. The molecule has 0 spiro atoms. The Labute approximate surface area is 114 Å². The smallest absolute Gasteiger partial charge is 0.123 e. The van der Waals surface area contributed by atoms with Gasteiger partial charge < -0.3 is 14.8 Å². The van der Waals surface area contributed by atoms with E-state index >= 15 is 0 Å². The van der Waals surface area contributed by atoms with Gasteiger partial charge in [0.25, 0.3) is 0 Å². The summed E-state index contributed by atoms with van der Waals surface area (Å²) in [5.74, 6) is 3.17. The van der Waals surface area contributed by atoms with Crippen molar-refractivity contribution < 1.29 is 9.47 Å². The molecule has 102 valence electrons. The van der Waals surface area contributed by atoms with E-state index in [2.05, 4.69) is 18.3 Å². The summed E-state index contributed by atoms with van der Waals surface area (Å²) < 4.78 is 10.8. The van der Waals surface area contributed by atoms with Crippen LogP contribution in [-0.4, -0.2) is 38.4 Å². The van der Waals surface area contributed by atoms with Crippen molar-refractivity contribution in [1.29, 1.82) is 0 Å².